The first-order valence-electron chi connectivity index (χ1n) is 6.31. The molecule has 0 radical (unpaired) electrons. The molecule has 0 heterocycles. The Kier molecular flexibility index (Phi) is 4.57. The van der Waals surface area contributed by atoms with Gasteiger partial charge < -0.3 is 0 Å². The van der Waals surface area contributed by atoms with E-state index in [2.05, 4.69) is 12.1 Å². The van der Waals surface area contributed by atoms with Crippen LogP contribution in [0.15, 0.2) is 24.3 Å². The van der Waals surface area contributed by atoms with Crippen LogP contribution in [-0.4, -0.2) is 19.3 Å². The van der Waals surface area contributed by atoms with Crippen LogP contribution in [0.1, 0.15) is 25.0 Å². The second kappa shape index (κ2) is 5.98. The molecule has 0 saturated carbocycles. The smallest absolute Gasteiger partial charge is 0.287 e. The average Bonchev–Trinajstić information content (AvgIpc) is 2.70. The van der Waals surface area contributed by atoms with Gasteiger partial charge in [0.05, 0.1) is 19.3 Å². The first-order valence-corrected chi connectivity index (χ1v) is 7.77. The molecule has 0 bridgehead atoms. The van der Waals surface area contributed by atoms with E-state index in [1.165, 1.54) is 11.1 Å². The van der Waals surface area contributed by atoms with Gasteiger partial charge in [0, 0.05) is 0 Å². The quantitative estimate of drug-likeness (QED) is 0.743. The lowest BCUT2D eigenvalue weighted by atomic mass is 10.1. The predicted molar refractivity (Wildman–Crippen MR) is 69.6 cm³/mol. The molecule has 0 fully saturated rings. The number of phosphoric acid groups is 1. The Bertz CT molecular complexity index is 411. The summed E-state index contributed by atoms with van der Waals surface area (Å²) in [7, 11) is -3.40. The largest absolute Gasteiger partial charge is 0.475 e. The van der Waals surface area contributed by atoms with Crippen molar-refractivity contribution in [1.82, 2.24) is 0 Å². The Morgan fingerprint density at radius 3 is 2.06 bits per heavy atom. The molecule has 1 aromatic rings. The number of benzene rings is 1. The Morgan fingerprint density at radius 2 is 1.61 bits per heavy atom. The van der Waals surface area contributed by atoms with Crippen molar-refractivity contribution < 1.29 is 18.1 Å². The molecule has 100 valence electrons. The van der Waals surface area contributed by atoms with Gasteiger partial charge in [-0.25, -0.2) is 4.57 Å². The lowest BCUT2D eigenvalue weighted by molar-refractivity contribution is 0.0878. The van der Waals surface area contributed by atoms with E-state index in [1.54, 1.807) is 13.8 Å². The Balaban J connectivity index is 2.01. The molecule has 5 heteroatoms. The molecule has 2 rings (SSSR count). The fraction of sp³-hybridized carbons (Fsp3) is 0.538. The standard InChI is InChI=1S/C13H19O4P/c1-3-15-18(14,16-4-2)17-13-9-11-7-5-6-8-12(11)10-13/h5-8,13H,3-4,9-10H2,1-2H3. The summed E-state index contributed by atoms with van der Waals surface area (Å²) >= 11 is 0. The minimum absolute atomic E-state index is 0.119. The Labute approximate surface area is 108 Å². The summed E-state index contributed by atoms with van der Waals surface area (Å²) in [4.78, 5) is 0. The van der Waals surface area contributed by atoms with Crippen LogP contribution in [0.25, 0.3) is 0 Å². The molecule has 0 atom stereocenters. The summed E-state index contributed by atoms with van der Waals surface area (Å²) < 4.78 is 28.1. The van der Waals surface area contributed by atoms with Crippen LogP contribution in [0.5, 0.6) is 0 Å². The molecule has 1 aliphatic rings. The Morgan fingerprint density at radius 1 is 1.11 bits per heavy atom. The maximum Gasteiger partial charge on any atom is 0.475 e. The predicted octanol–water partition coefficient (Wildman–Crippen LogP) is 3.35. The van der Waals surface area contributed by atoms with E-state index in [1.807, 2.05) is 12.1 Å². The highest BCUT2D eigenvalue weighted by Crippen LogP contribution is 2.51. The average molecular weight is 270 g/mol. The van der Waals surface area contributed by atoms with Crippen molar-refractivity contribution in [3.05, 3.63) is 35.4 Å². The lowest BCUT2D eigenvalue weighted by Gasteiger charge is -2.20. The highest BCUT2D eigenvalue weighted by molar-refractivity contribution is 7.48. The van der Waals surface area contributed by atoms with Gasteiger partial charge in [0.1, 0.15) is 0 Å². The third kappa shape index (κ3) is 3.21. The lowest BCUT2D eigenvalue weighted by Crippen LogP contribution is -2.13. The van der Waals surface area contributed by atoms with Crippen LogP contribution >= 0.6 is 7.82 Å². The zero-order valence-electron chi connectivity index (χ0n) is 10.8. The van der Waals surface area contributed by atoms with Crippen LogP contribution < -0.4 is 0 Å². The van der Waals surface area contributed by atoms with Crippen molar-refractivity contribution in [1.29, 1.82) is 0 Å². The molecule has 1 aromatic carbocycles. The maximum absolute atomic E-state index is 12.3. The van der Waals surface area contributed by atoms with Gasteiger partial charge in [-0.3, -0.25) is 13.6 Å². The topological polar surface area (TPSA) is 44.8 Å². The third-order valence-corrected chi connectivity index (χ3v) is 4.57. The summed E-state index contributed by atoms with van der Waals surface area (Å²) in [5.41, 5.74) is 2.50. The van der Waals surface area contributed by atoms with Gasteiger partial charge in [-0.2, -0.15) is 0 Å². The zero-order chi connectivity index (χ0) is 13.0. The van der Waals surface area contributed by atoms with E-state index in [-0.39, 0.29) is 6.10 Å². The molecule has 0 aliphatic heterocycles. The molecule has 0 N–H and O–H groups in total. The summed E-state index contributed by atoms with van der Waals surface area (Å²) in [5, 5.41) is 0. The molecule has 0 aromatic heterocycles. The second-order valence-electron chi connectivity index (χ2n) is 4.19. The molecule has 4 nitrogen and oxygen atoms in total. The van der Waals surface area contributed by atoms with E-state index < -0.39 is 7.82 Å². The number of hydrogen-bond donors (Lipinski definition) is 0. The summed E-state index contributed by atoms with van der Waals surface area (Å²) in [6, 6.07) is 8.16. The molecule has 0 spiro atoms. The first kappa shape index (κ1) is 13.8. The minimum Gasteiger partial charge on any atom is -0.287 e. The van der Waals surface area contributed by atoms with Crippen molar-refractivity contribution in [2.24, 2.45) is 0 Å². The fourth-order valence-corrected chi connectivity index (χ4v) is 3.53. The van der Waals surface area contributed by atoms with E-state index in [0.29, 0.717) is 13.2 Å². The van der Waals surface area contributed by atoms with Gasteiger partial charge in [-0.15, -0.1) is 0 Å². The molecule has 0 unspecified atom stereocenters. The molecule has 0 saturated heterocycles. The van der Waals surface area contributed by atoms with Crippen LogP contribution in [0, 0.1) is 0 Å². The van der Waals surface area contributed by atoms with E-state index in [4.69, 9.17) is 13.6 Å². The van der Waals surface area contributed by atoms with Crippen LogP contribution in [0.4, 0.5) is 0 Å². The van der Waals surface area contributed by atoms with Crippen molar-refractivity contribution >= 4 is 7.82 Å². The third-order valence-electron chi connectivity index (χ3n) is 2.87. The van der Waals surface area contributed by atoms with Crippen molar-refractivity contribution in [2.75, 3.05) is 13.2 Å². The molecule has 1 aliphatic carbocycles. The molecular weight excluding hydrogens is 251 g/mol. The van der Waals surface area contributed by atoms with E-state index in [0.717, 1.165) is 12.8 Å². The summed E-state index contributed by atoms with van der Waals surface area (Å²) in [6.45, 7) is 4.19. The second-order valence-corrected chi connectivity index (χ2v) is 5.81. The van der Waals surface area contributed by atoms with Gasteiger partial charge >= 0.3 is 7.82 Å². The SMILES string of the molecule is CCOP(=O)(OCC)OC1Cc2ccccc2C1. The molecule has 0 amide bonds. The summed E-state index contributed by atoms with van der Waals surface area (Å²) in [6.07, 6.45) is 1.41. The van der Waals surface area contributed by atoms with Crippen LogP contribution in [-0.2, 0) is 31.0 Å². The zero-order valence-corrected chi connectivity index (χ0v) is 11.7. The van der Waals surface area contributed by atoms with Gasteiger partial charge in [-0.1, -0.05) is 24.3 Å². The Hall–Kier alpha value is -0.670. The van der Waals surface area contributed by atoms with Crippen LogP contribution in [0.2, 0.25) is 0 Å². The van der Waals surface area contributed by atoms with Crippen molar-refractivity contribution in [3.8, 4) is 0 Å². The number of hydrogen-bond acceptors (Lipinski definition) is 4. The van der Waals surface area contributed by atoms with E-state index in [9.17, 15) is 4.57 Å². The van der Waals surface area contributed by atoms with Crippen molar-refractivity contribution in [3.63, 3.8) is 0 Å². The number of fused-ring (bicyclic) bond motifs is 1. The van der Waals surface area contributed by atoms with Gasteiger partial charge in [0.25, 0.3) is 0 Å². The van der Waals surface area contributed by atoms with Crippen LogP contribution in [0.3, 0.4) is 0 Å². The summed E-state index contributed by atoms with van der Waals surface area (Å²) in [5.74, 6) is 0. The van der Waals surface area contributed by atoms with Gasteiger partial charge in [-0.05, 0) is 37.8 Å². The van der Waals surface area contributed by atoms with E-state index >= 15 is 0 Å². The highest BCUT2D eigenvalue weighted by Gasteiger charge is 2.33. The van der Waals surface area contributed by atoms with Gasteiger partial charge in [0.15, 0.2) is 0 Å². The maximum atomic E-state index is 12.3. The number of rotatable bonds is 6. The van der Waals surface area contributed by atoms with Crippen molar-refractivity contribution in [2.45, 2.75) is 32.8 Å². The highest BCUT2D eigenvalue weighted by atomic mass is 31.2. The number of phosphoric ester groups is 1. The molecular formula is C13H19O4P. The van der Waals surface area contributed by atoms with Gasteiger partial charge in [0.2, 0.25) is 0 Å². The normalized spacial score (nSPS) is 15.9. The fourth-order valence-electron chi connectivity index (χ4n) is 2.19. The monoisotopic (exact) mass is 270 g/mol. The first-order chi connectivity index (χ1) is 8.67. The minimum atomic E-state index is -3.40. The molecule has 18 heavy (non-hydrogen) atoms.